The third-order valence-electron chi connectivity index (χ3n) is 2.23. The lowest BCUT2D eigenvalue weighted by Crippen LogP contribution is -2.24. The van der Waals surface area contributed by atoms with Crippen molar-refractivity contribution in [2.75, 3.05) is 6.54 Å². The van der Waals surface area contributed by atoms with Crippen LogP contribution in [0.4, 0.5) is 0 Å². The standard InChI is InChI=1S/C8H11N3O/c9-8(12)5-1-2-7-6(3-5)4-10-11-7/h1-2,5,10-11H,3-4H2,(H2,9,12). The molecule has 0 aromatic rings. The first-order chi connectivity index (χ1) is 5.77. The van der Waals surface area contributed by atoms with E-state index in [-0.39, 0.29) is 11.8 Å². The number of allylic oxidation sites excluding steroid dienone is 1. The summed E-state index contributed by atoms with van der Waals surface area (Å²) >= 11 is 0. The Morgan fingerprint density at radius 1 is 1.67 bits per heavy atom. The minimum Gasteiger partial charge on any atom is -0.369 e. The molecular weight excluding hydrogens is 154 g/mol. The number of primary amides is 1. The first-order valence-electron chi connectivity index (χ1n) is 3.96. The number of amides is 1. The van der Waals surface area contributed by atoms with Gasteiger partial charge in [-0.05, 0) is 18.1 Å². The fraction of sp³-hybridized carbons (Fsp3) is 0.375. The Hall–Kier alpha value is -1.29. The number of rotatable bonds is 1. The summed E-state index contributed by atoms with van der Waals surface area (Å²) in [7, 11) is 0. The van der Waals surface area contributed by atoms with E-state index in [1.165, 1.54) is 5.57 Å². The maximum Gasteiger partial charge on any atom is 0.224 e. The molecule has 64 valence electrons. The number of nitrogens with one attached hydrogen (secondary N) is 2. The van der Waals surface area contributed by atoms with Gasteiger partial charge in [0.05, 0.1) is 5.92 Å². The predicted molar refractivity (Wildman–Crippen MR) is 44.6 cm³/mol. The first kappa shape index (κ1) is 7.36. The van der Waals surface area contributed by atoms with E-state index < -0.39 is 0 Å². The molecule has 0 aromatic carbocycles. The van der Waals surface area contributed by atoms with E-state index in [9.17, 15) is 4.79 Å². The number of hydrogen-bond acceptors (Lipinski definition) is 3. The Labute approximate surface area is 70.5 Å². The normalized spacial score (nSPS) is 26.8. The lowest BCUT2D eigenvalue weighted by Gasteiger charge is -2.13. The molecule has 0 radical (unpaired) electrons. The summed E-state index contributed by atoms with van der Waals surface area (Å²) in [4.78, 5) is 10.9. The summed E-state index contributed by atoms with van der Waals surface area (Å²) in [5.74, 6) is -0.366. The lowest BCUT2D eigenvalue weighted by atomic mass is 9.93. The Balaban J connectivity index is 2.15. The minimum atomic E-state index is -0.246. The van der Waals surface area contributed by atoms with Crippen molar-refractivity contribution >= 4 is 5.91 Å². The highest BCUT2D eigenvalue weighted by Gasteiger charge is 2.22. The average Bonchev–Trinajstić information content (AvgIpc) is 2.49. The summed E-state index contributed by atoms with van der Waals surface area (Å²) < 4.78 is 0. The van der Waals surface area contributed by atoms with Crippen molar-refractivity contribution in [3.8, 4) is 0 Å². The second kappa shape index (κ2) is 2.64. The number of carbonyl (C=O) groups excluding carboxylic acids is 1. The van der Waals surface area contributed by atoms with Crippen LogP contribution in [0.15, 0.2) is 23.4 Å². The summed E-state index contributed by atoms with van der Waals surface area (Å²) in [6.45, 7) is 0.809. The van der Waals surface area contributed by atoms with E-state index >= 15 is 0 Å². The number of carbonyl (C=O) groups is 1. The van der Waals surface area contributed by atoms with Crippen molar-refractivity contribution in [2.45, 2.75) is 6.42 Å². The van der Waals surface area contributed by atoms with E-state index in [0.29, 0.717) is 0 Å². The molecule has 4 heteroatoms. The monoisotopic (exact) mass is 165 g/mol. The summed E-state index contributed by atoms with van der Waals surface area (Å²) in [6, 6.07) is 0. The number of hydrogen-bond donors (Lipinski definition) is 3. The average molecular weight is 165 g/mol. The van der Waals surface area contributed by atoms with E-state index in [1.54, 1.807) is 0 Å². The molecule has 12 heavy (non-hydrogen) atoms. The van der Waals surface area contributed by atoms with Crippen molar-refractivity contribution in [3.05, 3.63) is 23.4 Å². The van der Waals surface area contributed by atoms with E-state index in [1.807, 2.05) is 12.2 Å². The maximum atomic E-state index is 10.9. The van der Waals surface area contributed by atoms with Crippen LogP contribution in [-0.4, -0.2) is 12.5 Å². The molecule has 4 nitrogen and oxygen atoms in total. The van der Waals surface area contributed by atoms with Gasteiger partial charge in [-0.15, -0.1) is 0 Å². The van der Waals surface area contributed by atoms with Gasteiger partial charge in [0.15, 0.2) is 0 Å². The number of hydrazine groups is 1. The van der Waals surface area contributed by atoms with Gasteiger partial charge in [0.1, 0.15) is 0 Å². The molecule has 0 fully saturated rings. The van der Waals surface area contributed by atoms with Crippen LogP contribution in [0.2, 0.25) is 0 Å². The van der Waals surface area contributed by atoms with Crippen LogP contribution >= 0.6 is 0 Å². The van der Waals surface area contributed by atoms with Gasteiger partial charge in [-0.25, -0.2) is 5.43 Å². The van der Waals surface area contributed by atoms with Crippen molar-refractivity contribution in [2.24, 2.45) is 11.7 Å². The lowest BCUT2D eigenvalue weighted by molar-refractivity contribution is -0.120. The van der Waals surface area contributed by atoms with Crippen LogP contribution in [0.3, 0.4) is 0 Å². The zero-order valence-electron chi connectivity index (χ0n) is 6.63. The Bertz CT molecular complexity index is 280. The number of nitrogens with two attached hydrogens (primary N) is 1. The fourth-order valence-corrected chi connectivity index (χ4v) is 1.51. The van der Waals surface area contributed by atoms with E-state index in [0.717, 1.165) is 18.7 Å². The summed E-state index contributed by atoms with van der Waals surface area (Å²) in [6.07, 6.45) is 4.51. The van der Waals surface area contributed by atoms with E-state index in [2.05, 4.69) is 10.9 Å². The molecule has 2 rings (SSSR count). The largest absolute Gasteiger partial charge is 0.369 e. The molecule has 1 aliphatic heterocycles. The van der Waals surface area contributed by atoms with Gasteiger partial charge in [-0.2, -0.15) is 0 Å². The highest BCUT2D eigenvalue weighted by atomic mass is 16.1. The molecule has 1 amide bonds. The Kier molecular flexibility index (Phi) is 1.62. The van der Waals surface area contributed by atoms with Gasteiger partial charge in [-0.3, -0.25) is 4.79 Å². The molecule has 0 saturated heterocycles. The second-order valence-corrected chi connectivity index (χ2v) is 3.07. The van der Waals surface area contributed by atoms with Crippen LogP contribution in [0.5, 0.6) is 0 Å². The Morgan fingerprint density at radius 2 is 2.50 bits per heavy atom. The van der Waals surface area contributed by atoms with Gasteiger partial charge in [0.25, 0.3) is 0 Å². The van der Waals surface area contributed by atoms with Crippen LogP contribution in [-0.2, 0) is 4.79 Å². The molecule has 1 unspecified atom stereocenters. The fourth-order valence-electron chi connectivity index (χ4n) is 1.51. The zero-order valence-corrected chi connectivity index (χ0v) is 6.63. The molecule has 2 aliphatic rings. The molecule has 1 heterocycles. The third kappa shape index (κ3) is 1.10. The Morgan fingerprint density at radius 3 is 3.25 bits per heavy atom. The van der Waals surface area contributed by atoms with Crippen LogP contribution in [0, 0.1) is 5.92 Å². The van der Waals surface area contributed by atoms with Crippen LogP contribution < -0.4 is 16.6 Å². The SMILES string of the molecule is NC(=O)C1C=CC2=C(CNN2)C1. The highest BCUT2D eigenvalue weighted by Crippen LogP contribution is 2.23. The quantitative estimate of drug-likeness (QED) is 0.486. The molecule has 0 saturated carbocycles. The third-order valence-corrected chi connectivity index (χ3v) is 2.23. The smallest absolute Gasteiger partial charge is 0.224 e. The van der Waals surface area contributed by atoms with Crippen LogP contribution in [0.1, 0.15) is 6.42 Å². The highest BCUT2D eigenvalue weighted by molar-refractivity contribution is 5.79. The molecule has 4 N–H and O–H groups in total. The van der Waals surface area contributed by atoms with Gasteiger partial charge in [0, 0.05) is 12.2 Å². The van der Waals surface area contributed by atoms with Gasteiger partial charge >= 0.3 is 0 Å². The van der Waals surface area contributed by atoms with Gasteiger partial charge < -0.3 is 11.2 Å². The zero-order chi connectivity index (χ0) is 8.55. The van der Waals surface area contributed by atoms with Gasteiger partial charge in [0.2, 0.25) is 5.91 Å². The predicted octanol–water partition coefficient (Wildman–Crippen LogP) is -0.590. The van der Waals surface area contributed by atoms with Crippen LogP contribution in [0.25, 0.3) is 0 Å². The maximum absolute atomic E-state index is 10.9. The van der Waals surface area contributed by atoms with Crippen molar-refractivity contribution in [1.29, 1.82) is 0 Å². The van der Waals surface area contributed by atoms with Crippen molar-refractivity contribution < 1.29 is 4.79 Å². The molecule has 1 atom stereocenters. The molecule has 0 spiro atoms. The summed E-state index contributed by atoms with van der Waals surface area (Å²) in [5, 5.41) is 0. The second-order valence-electron chi connectivity index (χ2n) is 3.07. The molecule has 0 bridgehead atoms. The van der Waals surface area contributed by atoms with E-state index in [4.69, 9.17) is 5.73 Å². The topological polar surface area (TPSA) is 67.2 Å². The molecular formula is C8H11N3O. The molecule has 0 aromatic heterocycles. The minimum absolute atomic E-state index is 0.120. The summed E-state index contributed by atoms with van der Waals surface area (Å²) in [5.41, 5.74) is 13.5. The molecule has 1 aliphatic carbocycles. The van der Waals surface area contributed by atoms with Crippen molar-refractivity contribution in [1.82, 2.24) is 10.9 Å². The van der Waals surface area contributed by atoms with Gasteiger partial charge in [-0.1, -0.05) is 6.08 Å². The van der Waals surface area contributed by atoms with Crippen molar-refractivity contribution in [3.63, 3.8) is 0 Å². The first-order valence-corrected chi connectivity index (χ1v) is 3.96.